The molecular formula is C21H22O2S. The molecule has 0 aliphatic heterocycles. The lowest BCUT2D eigenvalue weighted by atomic mass is 10.1. The Hall–Kier alpha value is -1.97. The zero-order chi connectivity index (χ0) is 16.7. The van der Waals surface area contributed by atoms with Gasteiger partial charge < -0.3 is 9.47 Å². The lowest BCUT2D eigenvalue weighted by Crippen LogP contribution is -2.38. The van der Waals surface area contributed by atoms with Crippen LogP contribution in [0.25, 0.3) is 0 Å². The van der Waals surface area contributed by atoms with Crippen LogP contribution in [-0.2, 0) is 4.74 Å². The van der Waals surface area contributed by atoms with E-state index in [0.29, 0.717) is 13.0 Å². The Morgan fingerprint density at radius 2 is 1.79 bits per heavy atom. The lowest BCUT2D eigenvalue weighted by Gasteiger charge is -2.32. The van der Waals surface area contributed by atoms with Gasteiger partial charge in [-0.05, 0) is 37.3 Å². The fourth-order valence-electron chi connectivity index (χ4n) is 2.49. The molecule has 2 aromatic rings. The zero-order valence-electron chi connectivity index (χ0n) is 13.9. The van der Waals surface area contributed by atoms with Crippen molar-refractivity contribution in [1.82, 2.24) is 0 Å². The van der Waals surface area contributed by atoms with Gasteiger partial charge in [0, 0.05) is 17.1 Å². The molecule has 0 spiro atoms. The summed E-state index contributed by atoms with van der Waals surface area (Å²) in [6.45, 7) is 2.73. The van der Waals surface area contributed by atoms with Crippen molar-refractivity contribution in [2.75, 3.05) is 12.4 Å². The molecule has 0 saturated carbocycles. The molecule has 1 atom stereocenters. The molecule has 24 heavy (non-hydrogen) atoms. The van der Waals surface area contributed by atoms with Crippen molar-refractivity contribution in [3.05, 3.63) is 84.5 Å². The summed E-state index contributed by atoms with van der Waals surface area (Å²) in [6.07, 6.45) is 8.80. The van der Waals surface area contributed by atoms with E-state index in [1.54, 1.807) is 11.8 Å². The monoisotopic (exact) mass is 338 g/mol. The molecule has 0 heterocycles. The standard InChI is InChI=1S/C21H22O2S/c1-18-10-12-20(13-11-18)24-17-16-22-21(14-6-3-7-15-21)23-19-8-4-2-5-9-19/h2-14H,15-17H2,1H3. The first-order chi connectivity index (χ1) is 11.8. The molecule has 2 nitrogen and oxygen atoms in total. The van der Waals surface area contributed by atoms with Gasteiger partial charge >= 0.3 is 0 Å². The SMILES string of the molecule is Cc1ccc(SCCOC2(Oc3ccccc3)C=CC=CC2)cc1. The van der Waals surface area contributed by atoms with Crippen molar-refractivity contribution in [3.63, 3.8) is 0 Å². The van der Waals surface area contributed by atoms with Crippen molar-refractivity contribution >= 4 is 11.8 Å². The summed E-state index contributed by atoms with van der Waals surface area (Å²) >= 11 is 1.80. The number of hydrogen-bond acceptors (Lipinski definition) is 3. The number of thioether (sulfide) groups is 1. The average Bonchev–Trinajstić information content (AvgIpc) is 2.62. The van der Waals surface area contributed by atoms with Gasteiger partial charge in [-0.15, -0.1) is 11.8 Å². The van der Waals surface area contributed by atoms with Gasteiger partial charge in [0.15, 0.2) is 0 Å². The van der Waals surface area contributed by atoms with E-state index in [1.165, 1.54) is 10.5 Å². The molecule has 0 bridgehead atoms. The molecule has 0 amide bonds. The molecule has 3 rings (SSSR count). The highest BCUT2D eigenvalue weighted by Crippen LogP contribution is 2.28. The summed E-state index contributed by atoms with van der Waals surface area (Å²) in [4.78, 5) is 1.27. The first kappa shape index (κ1) is 16.9. The molecule has 0 fully saturated rings. The quantitative estimate of drug-likeness (QED) is 0.383. The predicted molar refractivity (Wildman–Crippen MR) is 101 cm³/mol. The predicted octanol–water partition coefficient (Wildman–Crippen LogP) is 5.40. The Bertz CT molecular complexity index is 692. The van der Waals surface area contributed by atoms with E-state index in [9.17, 15) is 0 Å². The third-order valence-corrected chi connectivity index (χ3v) is 4.73. The minimum absolute atomic E-state index is 0.629. The average molecular weight is 338 g/mol. The van der Waals surface area contributed by atoms with Gasteiger partial charge in [0.05, 0.1) is 6.61 Å². The van der Waals surface area contributed by atoms with Crippen LogP contribution in [0.4, 0.5) is 0 Å². The Kier molecular flexibility index (Phi) is 5.78. The van der Waals surface area contributed by atoms with E-state index in [2.05, 4.69) is 37.3 Å². The van der Waals surface area contributed by atoms with Crippen molar-refractivity contribution in [3.8, 4) is 5.75 Å². The second kappa shape index (κ2) is 8.22. The van der Waals surface area contributed by atoms with Crippen LogP contribution in [0.15, 0.2) is 83.8 Å². The normalized spacial score (nSPS) is 19.4. The highest BCUT2D eigenvalue weighted by atomic mass is 32.2. The molecular weight excluding hydrogens is 316 g/mol. The number of aryl methyl sites for hydroxylation is 1. The number of allylic oxidation sites excluding steroid dienone is 2. The summed E-state index contributed by atoms with van der Waals surface area (Å²) < 4.78 is 12.3. The highest BCUT2D eigenvalue weighted by molar-refractivity contribution is 7.99. The molecule has 0 aromatic heterocycles. The van der Waals surface area contributed by atoms with E-state index >= 15 is 0 Å². The van der Waals surface area contributed by atoms with Gasteiger partial charge in [-0.25, -0.2) is 0 Å². The minimum atomic E-state index is -0.704. The van der Waals surface area contributed by atoms with E-state index < -0.39 is 5.79 Å². The van der Waals surface area contributed by atoms with Crippen molar-refractivity contribution in [2.45, 2.75) is 24.0 Å². The molecule has 0 saturated heterocycles. The van der Waals surface area contributed by atoms with Crippen LogP contribution in [0.3, 0.4) is 0 Å². The summed E-state index contributed by atoms with van der Waals surface area (Å²) in [5.41, 5.74) is 1.28. The molecule has 1 aliphatic rings. The highest BCUT2D eigenvalue weighted by Gasteiger charge is 2.30. The van der Waals surface area contributed by atoms with Crippen LogP contribution in [0.5, 0.6) is 5.75 Å². The summed E-state index contributed by atoms with van der Waals surface area (Å²) in [7, 11) is 0. The second-order valence-corrected chi connectivity index (χ2v) is 6.90. The van der Waals surface area contributed by atoms with Gasteiger partial charge in [0.1, 0.15) is 5.75 Å². The Morgan fingerprint density at radius 3 is 2.50 bits per heavy atom. The first-order valence-electron chi connectivity index (χ1n) is 8.18. The van der Waals surface area contributed by atoms with Crippen molar-refractivity contribution in [1.29, 1.82) is 0 Å². The number of benzene rings is 2. The van der Waals surface area contributed by atoms with Crippen LogP contribution in [0.2, 0.25) is 0 Å². The molecule has 1 aliphatic carbocycles. The topological polar surface area (TPSA) is 18.5 Å². The maximum Gasteiger partial charge on any atom is 0.234 e. The first-order valence-corrected chi connectivity index (χ1v) is 9.16. The van der Waals surface area contributed by atoms with Gasteiger partial charge in [-0.3, -0.25) is 0 Å². The molecule has 124 valence electrons. The largest absolute Gasteiger partial charge is 0.458 e. The molecule has 0 radical (unpaired) electrons. The van der Waals surface area contributed by atoms with Gasteiger partial charge in [0.2, 0.25) is 5.79 Å². The molecule has 2 aromatic carbocycles. The smallest absolute Gasteiger partial charge is 0.234 e. The number of para-hydroxylation sites is 1. The van der Waals surface area contributed by atoms with E-state index in [1.807, 2.05) is 48.6 Å². The van der Waals surface area contributed by atoms with E-state index in [4.69, 9.17) is 9.47 Å². The van der Waals surface area contributed by atoms with Crippen LogP contribution in [0, 0.1) is 6.92 Å². The van der Waals surface area contributed by atoms with E-state index in [0.717, 1.165) is 11.5 Å². The third kappa shape index (κ3) is 4.76. The lowest BCUT2D eigenvalue weighted by molar-refractivity contribution is -0.140. The summed E-state index contributed by atoms with van der Waals surface area (Å²) in [5.74, 6) is 1.01. The van der Waals surface area contributed by atoms with Crippen molar-refractivity contribution < 1.29 is 9.47 Å². The van der Waals surface area contributed by atoms with Crippen LogP contribution < -0.4 is 4.74 Å². The maximum absolute atomic E-state index is 6.14. The third-order valence-electron chi connectivity index (χ3n) is 3.75. The number of hydrogen-bond donors (Lipinski definition) is 0. The summed E-state index contributed by atoms with van der Waals surface area (Å²) in [5, 5.41) is 0. The molecule has 0 N–H and O–H groups in total. The van der Waals surface area contributed by atoms with Crippen LogP contribution in [0.1, 0.15) is 12.0 Å². The maximum atomic E-state index is 6.14. The fraction of sp³-hybridized carbons (Fsp3) is 0.238. The van der Waals surface area contributed by atoms with Crippen LogP contribution in [-0.4, -0.2) is 18.1 Å². The number of rotatable bonds is 7. The van der Waals surface area contributed by atoms with Gasteiger partial charge in [0.25, 0.3) is 0 Å². The minimum Gasteiger partial charge on any atom is -0.458 e. The molecule has 1 unspecified atom stereocenters. The van der Waals surface area contributed by atoms with E-state index in [-0.39, 0.29) is 0 Å². The summed E-state index contributed by atoms with van der Waals surface area (Å²) in [6, 6.07) is 18.4. The Morgan fingerprint density at radius 1 is 1.00 bits per heavy atom. The molecule has 3 heteroatoms. The zero-order valence-corrected chi connectivity index (χ0v) is 14.7. The Balaban J connectivity index is 1.56. The van der Waals surface area contributed by atoms with Gasteiger partial charge in [-0.1, -0.05) is 54.1 Å². The second-order valence-electron chi connectivity index (χ2n) is 5.73. The fourth-order valence-corrected chi connectivity index (χ4v) is 3.22. The van der Waals surface area contributed by atoms with Crippen molar-refractivity contribution in [2.24, 2.45) is 0 Å². The number of ether oxygens (including phenoxy) is 2. The van der Waals surface area contributed by atoms with Crippen LogP contribution >= 0.6 is 11.8 Å². The van der Waals surface area contributed by atoms with Gasteiger partial charge in [-0.2, -0.15) is 0 Å². The Labute approximate surface area is 148 Å².